The first-order valence-corrected chi connectivity index (χ1v) is 4.59. The van der Waals surface area contributed by atoms with Crippen LogP contribution in [-0.2, 0) is 0 Å². The molecule has 1 aromatic rings. The summed E-state index contributed by atoms with van der Waals surface area (Å²) >= 11 is 0. The van der Waals surface area contributed by atoms with Crippen molar-refractivity contribution in [3.63, 3.8) is 0 Å². The van der Waals surface area contributed by atoms with E-state index in [0.29, 0.717) is 0 Å². The first-order valence-electron chi connectivity index (χ1n) is 4.59. The van der Waals surface area contributed by atoms with Gasteiger partial charge in [-0.1, -0.05) is 36.5 Å². The Morgan fingerprint density at radius 2 is 2.08 bits per heavy atom. The van der Waals surface area contributed by atoms with Gasteiger partial charge in [0.25, 0.3) is 0 Å². The molecule has 0 atom stereocenters. The second-order valence-corrected chi connectivity index (χ2v) is 3.22. The van der Waals surface area contributed by atoms with Gasteiger partial charge < -0.3 is 0 Å². The molecule has 1 radical (unpaired) electrons. The SMILES string of the molecule is [CH2]CCC#Cc1ccc(C)cc1C. The first-order chi connectivity index (χ1) is 6.24. The fourth-order valence-electron chi connectivity index (χ4n) is 1.20. The maximum absolute atomic E-state index is 3.75. The molecule has 0 aromatic heterocycles. The van der Waals surface area contributed by atoms with Crippen LogP contribution in [0.2, 0.25) is 0 Å². The van der Waals surface area contributed by atoms with Crippen molar-refractivity contribution in [2.45, 2.75) is 26.7 Å². The number of rotatable bonds is 1. The summed E-state index contributed by atoms with van der Waals surface area (Å²) in [4.78, 5) is 0. The van der Waals surface area contributed by atoms with Crippen LogP contribution < -0.4 is 0 Å². The van der Waals surface area contributed by atoms with E-state index in [0.717, 1.165) is 18.4 Å². The zero-order valence-electron chi connectivity index (χ0n) is 8.35. The van der Waals surface area contributed by atoms with Gasteiger partial charge in [0.1, 0.15) is 0 Å². The highest BCUT2D eigenvalue weighted by Crippen LogP contribution is 2.08. The van der Waals surface area contributed by atoms with Crippen molar-refractivity contribution in [2.75, 3.05) is 0 Å². The van der Waals surface area contributed by atoms with Crippen LogP contribution in [0.5, 0.6) is 0 Å². The summed E-state index contributed by atoms with van der Waals surface area (Å²) in [7, 11) is 0. The van der Waals surface area contributed by atoms with Gasteiger partial charge in [0.2, 0.25) is 0 Å². The van der Waals surface area contributed by atoms with Gasteiger partial charge in [0.15, 0.2) is 0 Å². The molecular weight excluding hydrogens is 156 g/mol. The molecule has 1 rings (SSSR count). The van der Waals surface area contributed by atoms with Crippen molar-refractivity contribution in [1.82, 2.24) is 0 Å². The summed E-state index contributed by atoms with van der Waals surface area (Å²) in [5.41, 5.74) is 3.69. The van der Waals surface area contributed by atoms with Crippen molar-refractivity contribution >= 4 is 0 Å². The minimum atomic E-state index is 0.882. The Morgan fingerprint density at radius 3 is 2.69 bits per heavy atom. The van der Waals surface area contributed by atoms with Gasteiger partial charge in [0, 0.05) is 12.0 Å². The molecule has 1 aromatic carbocycles. The lowest BCUT2D eigenvalue weighted by molar-refractivity contribution is 1.08. The third kappa shape index (κ3) is 2.95. The van der Waals surface area contributed by atoms with Crippen LogP contribution in [0.4, 0.5) is 0 Å². The van der Waals surface area contributed by atoms with Crippen molar-refractivity contribution in [3.8, 4) is 11.8 Å². The minimum Gasteiger partial charge on any atom is -0.0979 e. The maximum Gasteiger partial charge on any atom is 0.0274 e. The molecule has 0 heteroatoms. The molecule has 0 fully saturated rings. The van der Waals surface area contributed by atoms with Gasteiger partial charge >= 0.3 is 0 Å². The number of benzene rings is 1. The Bertz CT molecular complexity index is 337. The summed E-state index contributed by atoms with van der Waals surface area (Å²) in [6.07, 6.45) is 1.77. The van der Waals surface area contributed by atoms with E-state index in [4.69, 9.17) is 0 Å². The molecule has 0 saturated carbocycles. The van der Waals surface area contributed by atoms with Gasteiger partial charge in [0.05, 0.1) is 0 Å². The standard InChI is InChI=1S/C13H15/c1-4-5-6-7-13-9-8-11(2)10-12(13)3/h8-10H,1,4-5H2,2-3H3. The number of hydrogen-bond donors (Lipinski definition) is 0. The highest BCUT2D eigenvalue weighted by molar-refractivity contribution is 5.42. The average Bonchev–Trinajstić information content (AvgIpc) is 2.09. The van der Waals surface area contributed by atoms with Crippen molar-refractivity contribution in [1.29, 1.82) is 0 Å². The molecule has 0 heterocycles. The molecule has 0 saturated heterocycles. The molecule has 0 aliphatic rings. The number of aryl methyl sites for hydroxylation is 2. The fraction of sp³-hybridized carbons (Fsp3) is 0.308. The smallest absolute Gasteiger partial charge is 0.0274 e. The lowest BCUT2D eigenvalue weighted by Crippen LogP contribution is -1.82. The van der Waals surface area contributed by atoms with Crippen molar-refractivity contribution < 1.29 is 0 Å². The zero-order chi connectivity index (χ0) is 9.68. The van der Waals surface area contributed by atoms with E-state index in [2.05, 4.69) is 50.8 Å². The van der Waals surface area contributed by atoms with Gasteiger partial charge in [-0.15, -0.1) is 0 Å². The molecular formula is C13H15. The minimum absolute atomic E-state index is 0.882. The van der Waals surface area contributed by atoms with E-state index >= 15 is 0 Å². The van der Waals surface area contributed by atoms with Gasteiger partial charge in [-0.2, -0.15) is 0 Å². The Labute approximate surface area is 81.0 Å². The Morgan fingerprint density at radius 1 is 1.31 bits per heavy atom. The zero-order valence-corrected chi connectivity index (χ0v) is 8.35. The van der Waals surface area contributed by atoms with Crippen molar-refractivity contribution in [3.05, 3.63) is 41.8 Å². The fourth-order valence-corrected chi connectivity index (χ4v) is 1.20. The van der Waals surface area contributed by atoms with E-state index in [1.807, 2.05) is 0 Å². The molecule has 0 aliphatic heterocycles. The van der Waals surface area contributed by atoms with Gasteiger partial charge in [-0.25, -0.2) is 0 Å². The lowest BCUT2D eigenvalue weighted by atomic mass is 10.1. The molecule has 0 spiro atoms. The van der Waals surface area contributed by atoms with Gasteiger partial charge in [-0.3, -0.25) is 0 Å². The largest absolute Gasteiger partial charge is 0.0979 e. The van der Waals surface area contributed by atoms with Crippen LogP contribution in [-0.4, -0.2) is 0 Å². The molecule has 13 heavy (non-hydrogen) atoms. The summed E-state index contributed by atoms with van der Waals surface area (Å²) in [6, 6.07) is 6.34. The Kier molecular flexibility index (Phi) is 3.58. The third-order valence-electron chi connectivity index (χ3n) is 1.91. The topological polar surface area (TPSA) is 0 Å². The van der Waals surface area contributed by atoms with Crippen molar-refractivity contribution in [2.24, 2.45) is 0 Å². The predicted molar refractivity (Wildman–Crippen MR) is 57.4 cm³/mol. The normalized spacial score (nSPS) is 9.15. The second-order valence-electron chi connectivity index (χ2n) is 3.22. The van der Waals surface area contributed by atoms with E-state index in [1.165, 1.54) is 11.1 Å². The molecule has 0 aliphatic carbocycles. The van der Waals surface area contributed by atoms with E-state index in [-0.39, 0.29) is 0 Å². The van der Waals surface area contributed by atoms with Crippen LogP contribution in [0, 0.1) is 32.6 Å². The summed E-state index contributed by atoms with van der Waals surface area (Å²) < 4.78 is 0. The highest BCUT2D eigenvalue weighted by atomic mass is 14.0. The molecule has 67 valence electrons. The summed E-state index contributed by atoms with van der Waals surface area (Å²) in [5, 5.41) is 0. The third-order valence-corrected chi connectivity index (χ3v) is 1.91. The number of unbranched alkanes of at least 4 members (excludes halogenated alkanes) is 1. The van der Waals surface area contributed by atoms with Gasteiger partial charge in [-0.05, 0) is 31.9 Å². The molecule has 0 nitrogen and oxygen atoms in total. The van der Waals surface area contributed by atoms with Crippen LogP contribution in [0.3, 0.4) is 0 Å². The number of hydrogen-bond acceptors (Lipinski definition) is 0. The summed E-state index contributed by atoms with van der Waals surface area (Å²) in [5.74, 6) is 6.25. The van der Waals surface area contributed by atoms with E-state index in [9.17, 15) is 0 Å². The molecule has 0 unspecified atom stereocenters. The average molecular weight is 171 g/mol. The predicted octanol–water partition coefficient (Wildman–Crippen LogP) is 3.27. The molecule has 0 N–H and O–H groups in total. The Balaban J connectivity index is 2.85. The van der Waals surface area contributed by atoms with Crippen LogP contribution in [0.1, 0.15) is 29.5 Å². The molecule has 0 bridgehead atoms. The Hall–Kier alpha value is -1.22. The second kappa shape index (κ2) is 4.72. The quantitative estimate of drug-likeness (QED) is 0.569. The van der Waals surface area contributed by atoms with E-state index in [1.54, 1.807) is 0 Å². The first kappa shape index (κ1) is 9.86. The highest BCUT2D eigenvalue weighted by Gasteiger charge is 1.92. The van der Waals surface area contributed by atoms with Crippen LogP contribution >= 0.6 is 0 Å². The van der Waals surface area contributed by atoms with Crippen LogP contribution in [0.25, 0.3) is 0 Å². The molecule has 0 amide bonds. The van der Waals surface area contributed by atoms with Crippen LogP contribution in [0.15, 0.2) is 18.2 Å². The maximum atomic E-state index is 3.75. The lowest BCUT2D eigenvalue weighted by Gasteiger charge is -1.98. The van der Waals surface area contributed by atoms with E-state index < -0.39 is 0 Å². The monoisotopic (exact) mass is 171 g/mol. The summed E-state index contributed by atoms with van der Waals surface area (Å²) in [6.45, 7) is 7.95.